The highest BCUT2D eigenvalue weighted by Crippen LogP contribution is 2.65. The fourth-order valence-electron chi connectivity index (χ4n) is 6.66. The molecule has 3 saturated carbocycles. The molecule has 4 aliphatic carbocycles. The predicted octanol–water partition coefficient (Wildman–Crippen LogP) is 4.79. The van der Waals surface area contributed by atoms with Crippen LogP contribution in [0.1, 0.15) is 79.1 Å². The molecule has 0 spiro atoms. The third kappa shape index (κ3) is 2.30. The van der Waals surface area contributed by atoms with Gasteiger partial charge in [0.1, 0.15) is 0 Å². The van der Waals surface area contributed by atoms with E-state index in [4.69, 9.17) is 0 Å². The molecule has 0 aliphatic heterocycles. The molecule has 0 aromatic rings. The van der Waals surface area contributed by atoms with Crippen molar-refractivity contribution in [2.45, 2.75) is 85.2 Å². The highest BCUT2D eigenvalue weighted by atomic mass is 16.3. The minimum absolute atomic E-state index is 0.00970. The number of rotatable bonds is 0. The number of carbonyl (C=O) groups is 1. The number of ketones is 1. The van der Waals surface area contributed by atoms with E-state index in [1.807, 2.05) is 13.8 Å². The van der Waals surface area contributed by atoms with Gasteiger partial charge in [-0.3, -0.25) is 4.79 Å². The first-order valence-electron chi connectivity index (χ1n) is 10.0. The zero-order chi connectivity index (χ0) is 17.7. The Balaban J connectivity index is 0.000000815. The van der Waals surface area contributed by atoms with Crippen LogP contribution in [-0.4, -0.2) is 22.1 Å². The number of carbonyl (C=O) groups excluding carboxylic acids is 1. The lowest BCUT2D eigenvalue weighted by Crippen LogP contribution is -2.51. The lowest BCUT2D eigenvalue weighted by Gasteiger charge is -2.57. The van der Waals surface area contributed by atoms with Crippen LogP contribution in [0.2, 0.25) is 0 Å². The minimum atomic E-state index is -0.135. The van der Waals surface area contributed by atoms with Gasteiger partial charge in [0, 0.05) is 6.42 Å². The maximum atomic E-state index is 11.9. The van der Waals surface area contributed by atoms with Crippen molar-refractivity contribution in [2.24, 2.45) is 28.6 Å². The summed E-state index contributed by atoms with van der Waals surface area (Å²) in [5.74, 6) is 1.90. The van der Waals surface area contributed by atoms with Crippen LogP contribution >= 0.6 is 0 Å². The van der Waals surface area contributed by atoms with Gasteiger partial charge in [0.2, 0.25) is 0 Å². The predicted molar refractivity (Wildman–Crippen MR) is 95.6 cm³/mol. The van der Waals surface area contributed by atoms with E-state index in [-0.39, 0.29) is 28.5 Å². The molecule has 0 bridgehead atoms. The minimum Gasteiger partial charge on any atom is -0.504 e. The van der Waals surface area contributed by atoms with Crippen molar-refractivity contribution in [1.29, 1.82) is 0 Å². The maximum absolute atomic E-state index is 11.9. The number of fused-ring (bicyclic) bond motifs is 5. The first-order chi connectivity index (χ1) is 11.4. The van der Waals surface area contributed by atoms with E-state index in [1.54, 1.807) is 0 Å². The van der Waals surface area contributed by atoms with Crippen molar-refractivity contribution >= 4 is 5.78 Å². The topological polar surface area (TPSA) is 57.5 Å². The zero-order valence-electron chi connectivity index (χ0n) is 15.8. The Kier molecular flexibility index (Phi) is 4.61. The molecule has 0 radical (unpaired) electrons. The second kappa shape index (κ2) is 6.16. The Morgan fingerprint density at radius 3 is 2.38 bits per heavy atom. The van der Waals surface area contributed by atoms with E-state index in [2.05, 4.69) is 13.8 Å². The standard InChI is InChI=1S/C19H28O3.C2H6/c1-18-10-8-15(20)17(22)14(18)4-3-11-12-5-6-16(21)19(12,2)9-7-13(11)18;1-2/h11-13,16,21-22H,3-10H2,1-2H3;1-2H3/t11-,12-,13-,16-,18+,19-;/m0./s1. The fourth-order valence-corrected chi connectivity index (χ4v) is 6.66. The van der Waals surface area contributed by atoms with Crippen molar-refractivity contribution in [3.8, 4) is 0 Å². The van der Waals surface area contributed by atoms with E-state index in [9.17, 15) is 15.0 Å². The van der Waals surface area contributed by atoms with E-state index in [0.29, 0.717) is 24.2 Å². The molecule has 3 heteroatoms. The Hall–Kier alpha value is -0.830. The van der Waals surface area contributed by atoms with E-state index in [0.717, 1.165) is 50.5 Å². The molecule has 4 rings (SSSR count). The van der Waals surface area contributed by atoms with Gasteiger partial charge in [-0.25, -0.2) is 0 Å². The molecular weight excluding hydrogens is 300 g/mol. The van der Waals surface area contributed by atoms with Gasteiger partial charge in [0.05, 0.1) is 6.10 Å². The van der Waals surface area contributed by atoms with Crippen molar-refractivity contribution in [2.75, 3.05) is 0 Å². The molecule has 136 valence electrons. The number of aliphatic hydroxyl groups is 2. The molecule has 0 amide bonds. The summed E-state index contributed by atoms with van der Waals surface area (Å²) in [6.07, 6.45) is 7.56. The van der Waals surface area contributed by atoms with Crippen LogP contribution in [0.3, 0.4) is 0 Å². The summed E-state index contributed by atoms with van der Waals surface area (Å²) < 4.78 is 0. The van der Waals surface area contributed by atoms with Gasteiger partial charge in [-0.15, -0.1) is 0 Å². The van der Waals surface area contributed by atoms with Crippen molar-refractivity contribution in [3.63, 3.8) is 0 Å². The molecule has 0 aromatic heterocycles. The van der Waals surface area contributed by atoms with Crippen molar-refractivity contribution in [1.82, 2.24) is 0 Å². The van der Waals surface area contributed by atoms with Gasteiger partial charge in [0.25, 0.3) is 0 Å². The van der Waals surface area contributed by atoms with Gasteiger partial charge >= 0.3 is 0 Å². The zero-order valence-corrected chi connectivity index (χ0v) is 15.8. The first-order valence-corrected chi connectivity index (χ1v) is 10.0. The highest BCUT2D eigenvalue weighted by Gasteiger charge is 2.59. The molecule has 0 unspecified atom stereocenters. The third-order valence-corrected chi connectivity index (χ3v) is 8.04. The normalized spacial score (nSPS) is 47.3. The lowest BCUT2D eigenvalue weighted by molar-refractivity contribution is -0.122. The van der Waals surface area contributed by atoms with E-state index < -0.39 is 0 Å². The van der Waals surface area contributed by atoms with Crippen molar-refractivity contribution in [3.05, 3.63) is 11.3 Å². The molecule has 6 atom stereocenters. The van der Waals surface area contributed by atoms with E-state index in [1.165, 1.54) is 0 Å². The molecule has 0 saturated heterocycles. The summed E-state index contributed by atoms with van der Waals surface area (Å²) in [6.45, 7) is 8.58. The monoisotopic (exact) mass is 334 g/mol. The van der Waals surface area contributed by atoms with Crippen LogP contribution in [0.5, 0.6) is 0 Å². The van der Waals surface area contributed by atoms with Gasteiger partial charge in [0.15, 0.2) is 11.5 Å². The second-order valence-corrected chi connectivity index (χ2v) is 8.72. The lowest BCUT2D eigenvalue weighted by atomic mass is 9.47. The Bertz CT molecular complexity index is 551. The summed E-state index contributed by atoms with van der Waals surface area (Å²) in [6, 6.07) is 0. The summed E-state index contributed by atoms with van der Waals surface area (Å²) >= 11 is 0. The quantitative estimate of drug-likeness (QED) is 0.669. The maximum Gasteiger partial charge on any atom is 0.197 e. The Morgan fingerprint density at radius 2 is 1.67 bits per heavy atom. The number of hydrogen-bond donors (Lipinski definition) is 2. The van der Waals surface area contributed by atoms with Gasteiger partial charge in [-0.1, -0.05) is 27.7 Å². The van der Waals surface area contributed by atoms with Crippen LogP contribution in [0, 0.1) is 28.6 Å². The largest absolute Gasteiger partial charge is 0.504 e. The van der Waals surface area contributed by atoms with Crippen LogP contribution in [-0.2, 0) is 4.79 Å². The first kappa shape index (κ1) is 18.0. The summed E-state index contributed by atoms with van der Waals surface area (Å²) in [5, 5.41) is 20.8. The molecular formula is C21H34O3. The average molecular weight is 335 g/mol. The average Bonchev–Trinajstić information content (AvgIpc) is 2.89. The summed E-state index contributed by atoms with van der Waals surface area (Å²) in [7, 11) is 0. The smallest absolute Gasteiger partial charge is 0.197 e. The summed E-state index contributed by atoms with van der Waals surface area (Å²) in [4.78, 5) is 11.9. The Labute approximate surface area is 146 Å². The second-order valence-electron chi connectivity index (χ2n) is 8.72. The number of aliphatic hydroxyl groups excluding tert-OH is 2. The van der Waals surface area contributed by atoms with Crippen LogP contribution in [0.4, 0.5) is 0 Å². The van der Waals surface area contributed by atoms with Crippen LogP contribution in [0.25, 0.3) is 0 Å². The molecule has 24 heavy (non-hydrogen) atoms. The number of Topliss-reactive ketones (excluding diaryl/α,β-unsaturated/α-hetero) is 1. The SMILES string of the molecule is CC.C[C@]12CC[C@H]3[C@@H](CCC4=C(O)C(=O)CC[C@@]43C)[C@@H]1CC[C@@H]2O. The van der Waals surface area contributed by atoms with Crippen LogP contribution < -0.4 is 0 Å². The molecule has 0 heterocycles. The van der Waals surface area contributed by atoms with Crippen molar-refractivity contribution < 1.29 is 15.0 Å². The highest BCUT2D eigenvalue weighted by molar-refractivity contribution is 5.95. The van der Waals surface area contributed by atoms with E-state index >= 15 is 0 Å². The summed E-state index contributed by atoms with van der Waals surface area (Å²) in [5.41, 5.74) is 1.16. The van der Waals surface area contributed by atoms with Gasteiger partial charge in [-0.05, 0) is 79.1 Å². The molecule has 3 fully saturated rings. The molecule has 0 aromatic carbocycles. The molecule has 3 nitrogen and oxygen atoms in total. The van der Waals surface area contributed by atoms with Gasteiger partial charge in [-0.2, -0.15) is 0 Å². The van der Waals surface area contributed by atoms with Crippen LogP contribution in [0.15, 0.2) is 11.3 Å². The number of allylic oxidation sites excluding steroid dienone is 1. The molecule has 4 aliphatic rings. The third-order valence-electron chi connectivity index (χ3n) is 8.04. The Morgan fingerprint density at radius 1 is 0.958 bits per heavy atom. The fraction of sp³-hybridized carbons (Fsp3) is 0.857. The van der Waals surface area contributed by atoms with Gasteiger partial charge < -0.3 is 10.2 Å². The number of hydrogen-bond acceptors (Lipinski definition) is 3. The molecule has 2 N–H and O–H groups in total.